The molecule has 1 saturated carbocycles. The summed E-state index contributed by atoms with van der Waals surface area (Å²) in [5, 5.41) is 7.69. The summed E-state index contributed by atoms with van der Waals surface area (Å²) < 4.78 is 49.1. The van der Waals surface area contributed by atoms with Crippen molar-refractivity contribution >= 4 is 28.5 Å². The zero-order chi connectivity index (χ0) is 35.5. The minimum atomic E-state index is -1.26. The Labute approximate surface area is 291 Å². The van der Waals surface area contributed by atoms with Crippen molar-refractivity contribution in [2.45, 2.75) is 97.3 Å². The van der Waals surface area contributed by atoms with Crippen LogP contribution in [0.25, 0.3) is 0 Å². The number of benzene rings is 2. The van der Waals surface area contributed by atoms with Crippen molar-refractivity contribution in [3.05, 3.63) is 82.4 Å². The van der Waals surface area contributed by atoms with Gasteiger partial charge in [-0.3, -0.25) is 4.99 Å². The van der Waals surface area contributed by atoms with Crippen molar-refractivity contribution in [1.29, 1.82) is 0 Å². The second-order valence-electron chi connectivity index (χ2n) is 14.0. The lowest BCUT2D eigenvalue weighted by Gasteiger charge is -2.28. The number of aromatic nitrogens is 2. The van der Waals surface area contributed by atoms with Gasteiger partial charge in [0.1, 0.15) is 17.5 Å². The third-order valence-corrected chi connectivity index (χ3v) is 10.1. The van der Waals surface area contributed by atoms with E-state index in [1.807, 2.05) is 78.0 Å². The normalized spacial score (nSPS) is 20.3. The van der Waals surface area contributed by atoms with Crippen LogP contribution < -0.4 is 14.8 Å². The van der Waals surface area contributed by atoms with Gasteiger partial charge in [-0.15, -0.1) is 5.10 Å². The molecule has 0 spiro atoms. The molecule has 1 aromatic heterocycles. The van der Waals surface area contributed by atoms with Crippen LogP contribution >= 0.6 is 0 Å². The van der Waals surface area contributed by atoms with Gasteiger partial charge in [0.15, 0.2) is 5.82 Å². The van der Waals surface area contributed by atoms with Gasteiger partial charge in [0.05, 0.1) is 29.5 Å². The molecule has 3 aromatic rings. The van der Waals surface area contributed by atoms with Gasteiger partial charge in [0.2, 0.25) is 5.88 Å². The molecule has 2 heterocycles. The molecule has 49 heavy (non-hydrogen) atoms. The van der Waals surface area contributed by atoms with Gasteiger partial charge in [-0.1, -0.05) is 32.0 Å². The Bertz CT molecular complexity index is 1740. The highest BCUT2D eigenvalue weighted by atomic mass is 32.2. The summed E-state index contributed by atoms with van der Waals surface area (Å²) in [6, 6.07) is 11.2. The molecule has 12 heteroatoms. The Morgan fingerprint density at radius 3 is 2.57 bits per heavy atom. The lowest BCUT2D eigenvalue weighted by Crippen LogP contribution is -2.31. The molecule has 2 aliphatic rings. The summed E-state index contributed by atoms with van der Waals surface area (Å²) in [5.74, 6) is 1.39. The van der Waals surface area contributed by atoms with Crippen molar-refractivity contribution < 1.29 is 27.6 Å². The molecular formula is C37H48FN5O5S. The van der Waals surface area contributed by atoms with E-state index in [1.54, 1.807) is 30.7 Å². The molecule has 10 nitrogen and oxygen atoms in total. The fourth-order valence-corrected chi connectivity index (χ4v) is 7.45. The molecule has 5 rings (SSSR count). The molecule has 3 atom stereocenters. The summed E-state index contributed by atoms with van der Waals surface area (Å²) in [6.07, 6.45) is 5.45. The highest BCUT2D eigenvalue weighted by Gasteiger charge is 2.32. The number of allylic oxidation sites excluding steroid dienone is 2. The average Bonchev–Trinajstić information content (AvgIpc) is 3.69. The van der Waals surface area contributed by atoms with Crippen molar-refractivity contribution in [1.82, 2.24) is 14.1 Å². The number of methoxy groups -OCH3 is 1. The highest BCUT2D eigenvalue weighted by molar-refractivity contribution is 7.81. The minimum Gasteiger partial charge on any atom is -0.497 e. The van der Waals surface area contributed by atoms with Crippen LogP contribution in [0.3, 0.4) is 0 Å². The molecule has 3 unspecified atom stereocenters. The summed E-state index contributed by atoms with van der Waals surface area (Å²) in [6.45, 7) is 12.1. The largest absolute Gasteiger partial charge is 0.497 e. The molecule has 1 N–H and O–H groups in total. The molecule has 1 aliphatic carbocycles. The first-order chi connectivity index (χ1) is 23.2. The number of hydrogen-bond donors (Lipinski definition) is 1. The molecule has 0 bridgehead atoms. The van der Waals surface area contributed by atoms with Gasteiger partial charge in [-0.25, -0.2) is 17.7 Å². The van der Waals surface area contributed by atoms with Crippen LogP contribution in [0, 0.1) is 11.7 Å². The van der Waals surface area contributed by atoms with E-state index >= 15 is 4.39 Å². The maximum Gasteiger partial charge on any atom is 0.435 e. The zero-order valence-electron chi connectivity index (χ0n) is 29.7. The fraction of sp³-hybridized carbons (Fsp3) is 0.486. The van der Waals surface area contributed by atoms with Crippen LogP contribution in [0.5, 0.6) is 11.6 Å². The number of rotatable bonds is 10. The number of nitrogens with zero attached hydrogens (tertiary/aromatic N) is 4. The number of carbonyl (C=O) groups is 1. The number of carbonyl (C=O) groups excluding carboxylic acids is 1. The summed E-state index contributed by atoms with van der Waals surface area (Å²) in [4.78, 5) is 17.2. The van der Waals surface area contributed by atoms with Crippen LogP contribution in [-0.2, 0) is 34.6 Å². The number of nitrogens with one attached hydrogen (secondary N) is 1. The smallest absolute Gasteiger partial charge is 0.435 e. The standard InChI is InChI=1S/C37H48FN5O5S/c1-23(2)30-21-43(36(44)48-37(4,5)6)41-35(30)47-29-15-11-26(18-29)33(39-7)17-24(3)40-32-16-12-27-22-49(45)42(20-31(27)34(32)38)19-25-9-13-28(46-8)14-10-25/h9-10,12-14,16-17,21,23,26,29,40H,11,15,18-20,22H2,1-8H3/b24-17+,39-33?. The summed E-state index contributed by atoms with van der Waals surface area (Å²) in [7, 11) is 2.13. The maximum atomic E-state index is 15.9. The van der Waals surface area contributed by atoms with Gasteiger partial charge in [-0.2, -0.15) is 4.68 Å². The van der Waals surface area contributed by atoms with Gasteiger partial charge >= 0.3 is 6.09 Å². The van der Waals surface area contributed by atoms with Crippen LogP contribution in [-0.4, -0.2) is 56.0 Å². The molecule has 1 aliphatic heterocycles. The predicted molar refractivity (Wildman–Crippen MR) is 191 cm³/mol. The number of fused-ring (bicyclic) bond motifs is 1. The average molecular weight is 694 g/mol. The fourth-order valence-electron chi connectivity index (χ4n) is 6.17. The van der Waals surface area contributed by atoms with Crippen molar-refractivity contribution in [3.63, 3.8) is 0 Å². The lowest BCUT2D eigenvalue weighted by atomic mass is 10.0. The molecule has 0 amide bonds. The van der Waals surface area contributed by atoms with E-state index in [1.165, 1.54) is 4.68 Å². The number of ether oxygens (including phenoxy) is 3. The Balaban J connectivity index is 1.23. The Kier molecular flexibility index (Phi) is 11.3. The Morgan fingerprint density at radius 1 is 1.18 bits per heavy atom. The van der Waals surface area contributed by atoms with Gasteiger partial charge in [0.25, 0.3) is 0 Å². The second-order valence-corrected chi connectivity index (χ2v) is 15.4. The first-order valence-corrected chi connectivity index (χ1v) is 18.0. The zero-order valence-corrected chi connectivity index (χ0v) is 30.5. The monoisotopic (exact) mass is 693 g/mol. The van der Waals surface area contributed by atoms with Gasteiger partial charge < -0.3 is 19.5 Å². The Hall–Kier alpha value is -4.03. The van der Waals surface area contributed by atoms with Crippen molar-refractivity contribution in [3.8, 4) is 11.6 Å². The molecule has 1 fully saturated rings. The highest BCUT2D eigenvalue weighted by Crippen LogP contribution is 2.35. The second kappa shape index (κ2) is 15.2. The van der Waals surface area contributed by atoms with Crippen LogP contribution in [0.1, 0.15) is 89.0 Å². The minimum absolute atomic E-state index is 0.0904. The summed E-state index contributed by atoms with van der Waals surface area (Å²) in [5.41, 5.74) is 4.54. The van der Waals surface area contributed by atoms with Crippen LogP contribution in [0.15, 0.2) is 59.4 Å². The summed E-state index contributed by atoms with van der Waals surface area (Å²) >= 11 is 0. The van der Waals surface area contributed by atoms with E-state index in [-0.39, 0.29) is 36.1 Å². The molecule has 2 aromatic carbocycles. The van der Waals surface area contributed by atoms with E-state index in [2.05, 4.69) is 15.4 Å². The van der Waals surface area contributed by atoms with Gasteiger partial charge in [0, 0.05) is 54.8 Å². The lowest BCUT2D eigenvalue weighted by molar-refractivity contribution is 0.0510. The molecule has 0 saturated heterocycles. The first kappa shape index (κ1) is 36.3. The van der Waals surface area contributed by atoms with E-state index in [0.717, 1.165) is 53.1 Å². The number of hydrogen-bond acceptors (Lipinski definition) is 8. The van der Waals surface area contributed by atoms with Gasteiger partial charge in [-0.05, 0) is 88.3 Å². The molecule has 0 radical (unpaired) electrons. The van der Waals surface area contributed by atoms with E-state index in [0.29, 0.717) is 23.7 Å². The van der Waals surface area contributed by atoms with Crippen LogP contribution in [0.4, 0.5) is 14.9 Å². The topological polar surface area (TPSA) is 107 Å². The molecule has 264 valence electrons. The van der Waals surface area contributed by atoms with Crippen molar-refractivity contribution in [2.75, 3.05) is 19.5 Å². The number of aliphatic imine (C=N–C) groups is 1. The van der Waals surface area contributed by atoms with Crippen molar-refractivity contribution in [2.24, 2.45) is 10.9 Å². The predicted octanol–water partition coefficient (Wildman–Crippen LogP) is 7.75. The van der Waals surface area contributed by atoms with E-state index < -0.39 is 22.7 Å². The number of anilines is 1. The van der Waals surface area contributed by atoms with Crippen LogP contribution in [0.2, 0.25) is 0 Å². The number of halogens is 1. The third-order valence-electron chi connectivity index (χ3n) is 8.70. The Morgan fingerprint density at radius 2 is 1.92 bits per heavy atom. The maximum absolute atomic E-state index is 15.9. The first-order valence-electron chi connectivity index (χ1n) is 16.7. The van der Waals surface area contributed by atoms with E-state index in [9.17, 15) is 9.00 Å². The van der Waals surface area contributed by atoms with E-state index in [4.69, 9.17) is 14.2 Å². The molecular weight excluding hydrogens is 646 g/mol. The third kappa shape index (κ3) is 8.96. The quantitative estimate of drug-likeness (QED) is 0.217. The SMILES string of the molecule is CN=C(/C=C(\C)Nc1ccc2c(c1F)CN(Cc1ccc(OC)cc1)S(=O)C2)C1CCC(Oc2nn(C(=O)OC(C)(C)C)cc2C(C)C)C1.